The van der Waals surface area contributed by atoms with Crippen LogP contribution in [0.25, 0.3) is 17.1 Å². The molecule has 9 nitrogen and oxygen atoms in total. The van der Waals surface area contributed by atoms with E-state index in [0.29, 0.717) is 29.4 Å². The van der Waals surface area contributed by atoms with Crippen molar-refractivity contribution < 1.29 is 19.4 Å². The quantitative estimate of drug-likeness (QED) is 0.560. The molecular formula is C21H23N5O4. The summed E-state index contributed by atoms with van der Waals surface area (Å²) in [6.45, 7) is 2.40. The number of aromatic nitrogens is 3. The number of primary amides is 1. The van der Waals surface area contributed by atoms with Crippen LogP contribution in [0.4, 0.5) is 0 Å². The number of rotatable bonds is 6. The van der Waals surface area contributed by atoms with E-state index in [1.54, 1.807) is 12.1 Å². The second-order valence-electron chi connectivity index (χ2n) is 7.00. The maximum Gasteiger partial charge on any atom is 0.287 e. The van der Waals surface area contributed by atoms with Crippen LogP contribution < -0.4 is 15.8 Å². The summed E-state index contributed by atoms with van der Waals surface area (Å²) in [6, 6.07) is 12.5. The highest BCUT2D eigenvalue weighted by Crippen LogP contribution is 2.33. The number of hydrogen-bond acceptors (Lipinski definition) is 7. The first-order chi connectivity index (χ1) is 14.6. The molecule has 4 rings (SSSR count). The Morgan fingerprint density at radius 1 is 1.30 bits per heavy atom. The smallest absolute Gasteiger partial charge is 0.287 e. The standard InChI is InChI=1S/C21H23N5O4/c1-29-15-6-7-17(18(27)11-15)20-24-25-21(19(22)28)26(20)14-4-2-13(3-5-14)10-16-12-23-8-9-30-16/h2-7,11,16,23,27H,8-10,12H2,1H3,(H2,22,28). The average Bonchev–Trinajstić information content (AvgIpc) is 3.20. The Kier molecular flexibility index (Phi) is 5.64. The number of methoxy groups -OCH3 is 1. The largest absolute Gasteiger partial charge is 0.507 e. The molecule has 3 aromatic rings. The fourth-order valence-electron chi connectivity index (χ4n) is 3.49. The van der Waals surface area contributed by atoms with Crippen molar-refractivity contribution in [3.05, 3.63) is 53.9 Å². The van der Waals surface area contributed by atoms with E-state index in [9.17, 15) is 9.90 Å². The lowest BCUT2D eigenvalue weighted by Crippen LogP contribution is -2.39. The van der Waals surface area contributed by atoms with Gasteiger partial charge < -0.3 is 25.6 Å². The number of benzene rings is 2. The van der Waals surface area contributed by atoms with E-state index in [2.05, 4.69) is 15.5 Å². The van der Waals surface area contributed by atoms with Gasteiger partial charge in [-0.3, -0.25) is 9.36 Å². The Balaban J connectivity index is 1.69. The predicted molar refractivity (Wildman–Crippen MR) is 110 cm³/mol. The normalized spacial score (nSPS) is 16.4. The number of nitrogens with one attached hydrogen (secondary N) is 1. The Morgan fingerprint density at radius 2 is 2.10 bits per heavy atom. The Labute approximate surface area is 173 Å². The van der Waals surface area contributed by atoms with Crippen LogP contribution in [0.5, 0.6) is 11.5 Å². The first-order valence-electron chi connectivity index (χ1n) is 9.61. The minimum Gasteiger partial charge on any atom is -0.507 e. The number of carbonyl (C=O) groups is 1. The third kappa shape index (κ3) is 3.98. The van der Waals surface area contributed by atoms with E-state index in [4.69, 9.17) is 15.2 Å². The number of nitrogens with two attached hydrogens (primary N) is 1. The van der Waals surface area contributed by atoms with Crippen LogP contribution in [0.15, 0.2) is 42.5 Å². The summed E-state index contributed by atoms with van der Waals surface area (Å²) in [5.41, 5.74) is 7.68. The van der Waals surface area contributed by atoms with Gasteiger partial charge in [0.25, 0.3) is 5.91 Å². The van der Waals surface area contributed by atoms with E-state index in [1.165, 1.54) is 17.7 Å². The summed E-state index contributed by atoms with van der Waals surface area (Å²) in [5.74, 6) is 0.0237. The monoisotopic (exact) mass is 409 g/mol. The number of morpholine rings is 1. The van der Waals surface area contributed by atoms with Gasteiger partial charge in [-0.2, -0.15) is 0 Å². The molecule has 1 aromatic heterocycles. The number of carbonyl (C=O) groups excluding carboxylic acids is 1. The molecule has 1 atom stereocenters. The van der Waals surface area contributed by atoms with Crippen LogP contribution in [0.1, 0.15) is 16.2 Å². The van der Waals surface area contributed by atoms with Crippen LogP contribution in [0.2, 0.25) is 0 Å². The summed E-state index contributed by atoms with van der Waals surface area (Å²) in [6.07, 6.45) is 0.914. The molecule has 0 bridgehead atoms. The van der Waals surface area contributed by atoms with Gasteiger partial charge in [-0.25, -0.2) is 0 Å². The van der Waals surface area contributed by atoms with Gasteiger partial charge >= 0.3 is 0 Å². The highest BCUT2D eigenvalue weighted by Gasteiger charge is 2.22. The molecule has 0 aliphatic carbocycles. The number of phenolic OH excluding ortho intramolecular Hbond substituents is 1. The second kappa shape index (κ2) is 8.52. The number of phenols is 1. The lowest BCUT2D eigenvalue weighted by Gasteiger charge is -2.23. The molecule has 1 saturated heterocycles. The third-order valence-electron chi connectivity index (χ3n) is 4.99. The molecule has 0 radical (unpaired) electrons. The van der Waals surface area contributed by atoms with Crippen LogP contribution in [-0.4, -0.2) is 58.7 Å². The van der Waals surface area contributed by atoms with Gasteiger partial charge in [-0.1, -0.05) is 12.1 Å². The summed E-state index contributed by atoms with van der Waals surface area (Å²) in [7, 11) is 1.51. The fraction of sp³-hybridized carbons (Fsp3) is 0.286. The molecule has 1 aliphatic heterocycles. The molecule has 0 spiro atoms. The van der Waals surface area contributed by atoms with E-state index in [-0.39, 0.29) is 17.7 Å². The van der Waals surface area contributed by atoms with Crippen molar-refractivity contribution in [2.75, 3.05) is 26.8 Å². The van der Waals surface area contributed by atoms with Crippen molar-refractivity contribution in [2.24, 2.45) is 5.73 Å². The molecule has 1 amide bonds. The van der Waals surface area contributed by atoms with Crippen LogP contribution in [-0.2, 0) is 11.2 Å². The van der Waals surface area contributed by atoms with Gasteiger partial charge in [0.1, 0.15) is 11.5 Å². The molecule has 4 N–H and O–H groups in total. The van der Waals surface area contributed by atoms with E-state index in [1.807, 2.05) is 24.3 Å². The maximum atomic E-state index is 11.9. The molecule has 2 heterocycles. The number of hydrogen-bond donors (Lipinski definition) is 3. The van der Waals surface area contributed by atoms with Crippen LogP contribution in [0.3, 0.4) is 0 Å². The lowest BCUT2D eigenvalue weighted by atomic mass is 10.1. The summed E-state index contributed by atoms with van der Waals surface area (Å²) >= 11 is 0. The van der Waals surface area contributed by atoms with Gasteiger partial charge in [0.05, 0.1) is 25.4 Å². The van der Waals surface area contributed by atoms with Crippen molar-refractivity contribution >= 4 is 5.91 Å². The minimum absolute atomic E-state index is 0.0206. The highest BCUT2D eigenvalue weighted by atomic mass is 16.5. The Bertz CT molecular complexity index is 1040. The molecule has 1 fully saturated rings. The van der Waals surface area contributed by atoms with Gasteiger partial charge in [0.2, 0.25) is 5.82 Å². The van der Waals surface area contributed by atoms with Crippen molar-refractivity contribution in [1.82, 2.24) is 20.1 Å². The third-order valence-corrected chi connectivity index (χ3v) is 4.99. The Hall–Kier alpha value is -3.43. The number of nitrogens with zero attached hydrogens (tertiary/aromatic N) is 3. The van der Waals surface area contributed by atoms with Crippen LogP contribution in [0, 0.1) is 0 Å². The van der Waals surface area contributed by atoms with Gasteiger partial charge in [-0.15, -0.1) is 10.2 Å². The topological polar surface area (TPSA) is 125 Å². The minimum atomic E-state index is -0.715. The SMILES string of the molecule is COc1ccc(-c2nnc(C(N)=O)n2-c2ccc(CC3CNCCO3)cc2)c(O)c1. The zero-order valence-corrected chi connectivity index (χ0v) is 16.5. The molecule has 0 saturated carbocycles. The summed E-state index contributed by atoms with van der Waals surface area (Å²) < 4.78 is 12.4. The van der Waals surface area contributed by atoms with Crippen molar-refractivity contribution in [3.8, 4) is 28.6 Å². The van der Waals surface area contributed by atoms with Crippen molar-refractivity contribution in [2.45, 2.75) is 12.5 Å². The van der Waals surface area contributed by atoms with E-state index in [0.717, 1.165) is 25.1 Å². The number of aromatic hydroxyl groups is 1. The maximum absolute atomic E-state index is 11.9. The van der Waals surface area contributed by atoms with Gasteiger partial charge in [0, 0.05) is 24.8 Å². The fourth-order valence-corrected chi connectivity index (χ4v) is 3.49. The average molecular weight is 409 g/mol. The molecule has 2 aromatic carbocycles. The van der Waals surface area contributed by atoms with Crippen molar-refractivity contribution in [3.63, 3.8) is 0 Å². The predicted octanol–water partition coefficient (Wildman–Crippen LogP) is 1.28. The van der Waals surface area contributed by atoms with E-state index >= 15 is 0 Å². The number of ether oxygens (including phenoxy) is 2. The highest BCUT2D eigenvalue weighted by molar-refractivity contribution is 5.90. The summed E-state index contributed by atoms with van der Waals surface area (Å²) in [5, 5.41) is 21.8. The zero-order chi connectivity index (χ0) is 21.1. The summed E-state index contributed by atoms with van der Waals surface area (Å²) in [4.78, 5) is 11.9. The van der Waals surface area contributed by atoms with Gasteiger partial charge in [-0.05, 0) is 36.2 Å². The van der Waals surface area contributed by atoms with E-state index < -0.39 is 5.91 Å². The molecule has 156 valence electrons. The molecule has 1 aliphatic rings. The van der Waals surface area contributed by atoms with Crippen LogP contribution >= 0.6 is 0 Å². The molecular weight excluding hydrogens is 386 g/mol. The molecule has 9 heteroatoms. The zero-order valence-electron chi connectivity index (χ0n) is 16.5. The molecule has 1 unspecified atom stereocenters. The van der Waals surface area contributed by atoms with Gasteiger partial charge in [0.15, 0.2) is 5.82 Å². The number of amides is 1. The van der Waals surface area contributed by atoms with Crippen molar-refractivity contribution in [1.29, 1.82) is 0 Å². The second-order valence-corrected chi connectivity index (χ2v) is 7.00. The lowest BCUT2D eigenvalue weighted by molar-refractivity contribution is 0.0292. The first kappa shape index (κ1) is 19.9. The molecule has 30 heavy (non-hydrogen) atoms. The first-order valence-corrected chi connectivity index (χ1v) is 9.61. The Morgan fingerprint density at radius 3 is 2.73 bits per heavy atom.